The number of carbonyl (C=O) groups is 1. The number of aromatic nitrogens is 2. The van der Waals surface area contributed by atoms with Crippen molar-refractivity contribution in [2.45, 2.75) is 6.92 Å². The molecule has 5 nitrogen and oxygen atoms in total. The largest absolute Gasteiger partial charge is 0.365 e. The third-order valence-corrected chi connectivity index (χ3v) is 2.30. The van der Waals surface area contributed by atoms with E-state index in [1.165, 1.54) is 6.20 Å². The first-order chi connectivity index (χ1) is 7.59. The van der Waals surface area contributed by atoms with Crippen LogP contribution in [0.15, 0.2) is 22.9 Å². The molecule has 0 aliphatic carbocycles. The van der Waals surface area contributed by atoms with Crippen LogP contribution in [-0.4, -0.2) is 16.0 Å². The van der Waals surface area contributed by atoms with E-state index in [1.54, 1.807) is 19.1 Å². The number of hydrogen-bond donors (Lipinski definition) is 1. The van der Waals surface area contributed by atoms with Crippen LogP contribution in [0.2, 0.25) is 5.15 Å². The van der Waals surface area contributed by atoms with Crippen molar-refractivity contribution in [3.8, 4) is 11.3 Å². The Balaban J connectivity index is 2.60. The normalized spacial score (nSPS) is 10.4. The number of amides is 1. The molecule has 2 heterocycles. The van der Waals surface area contributed by atoms with Gasteiger partial charge in [-0.25, -0.2) is 4.98 Å². The Morgan fingerprint density at radius 2 is 2.31 bits per heavy atom. The van der Waals surface area contributed by atoms with Gasteiger partial charge < -0.3 is 10.3 Å². The van der Waals surface area contributed by atoms with Crippen molar-refractivity contribution in [2.24, 2.45) is 5.73 Å². The van der Waals surface area contributed by atoms with Gasteiger partial charge in [-0.15, -0.1) is 0 Å². The van der Waals surface area contributed by atoms with E-state index in [0.717, 1.165) is 0 Å². The molecule has 0 aromatic carbocycles. The topological polar surface area (TPSA) is 82.0 Å². The number of primary amides is 1. The van der Waals surface area contributed by atoms with Crippen molar-refractivity contribution in [1.29, 1.82) is 0 Å². The first kappa shape index (κ1) is 10.6. The highest BCUT2D eigenvalue weighted by Crippen LogP contribution is 2.26. The second-order valence-electron chi connectivity index (χ2n) is 3.20. The summed E-state index contributed by atoms with van der Waals surface area (Å²) in [7, 11) is 0. The lowest BCUT2D eigenvalue weighted by Gasteiger charge is -1.98. The lowest BCUT2D eigenvalue weighted by Crippen LogP contribution is -2.12. The lowest BCUT2D eigenvalue weighted by atomic mass is 10.1. The van der Waals surface area contributed by atoms with Crippen molar-refractivity contribution in [1.82, 2.24) is 10.1 Å². The van der Waals surface area contributed by atoms with Crippen molar-refractivity contribution in [3.63, 3.8) is 0 Å². The van der Waals surface area contributed by atoms with E-state index in [-0.39, 0.29) is 5.56 Å². The Kier molecular flexibility index (Phi) is 2.62. The number of nitrogens with two attached hydrogens (primary N) is 1. The van der Waals surface area contributed by atoms with Crippen molar-refractivity contribution in [3.05, 3.63) is 34.7 Å². The molecule has 0 radical (unpaired) electrons. The van der Waals surface area contributed by atoms with Crippen LogP contribution in [0, 0.1) is 6.92 Å². The van der Waals surface area contributed by atoms with E-state index in [1.807, 2.05) is 0 Å². The maximum atomic E-state index is 11.2. The molecule has 2 aromatic rings. The van der Waals surface area contributed by atoms with Gasteiger partial charge in [0.05, 0.1) is 5.69 Å². The summed E-state index contributed by atoms with van der Waals surface area (Å²) in [4.78, 5) is 15.1. The van der Waals surface area contributed by atoms with Crippen LogP contribution in [-0.2, 0) is 0 Å². The van der Waals surface area contributed by atoms with Crippen molar-refractivity contribution >= 4 is 17.5 Å². The summed E-state index contributed by atoms with van der Waals surface area (Å²) in [6, 6.07) is 3.24. The van der Waals surface area contributed by atoms with E-state index in [4.69, 9.17) is 21.9 Å². The molecule has 0 atom stereocenters. The van der Waals surface area contributed by atoms with Crippen LogP contribution in [0.5, 0.6) is 0 Å². The molecule has 0 saturated carbocycles. The summed E-state index contributed by atoms with van der Waals surface area (Å²) >= 11 is 5.74. The van der Waals surface area contributed by atoms with E-state index in [2.05, 4.69) is 10.1 Å². The highest BCUT2D eigenvalue weighted by Gasteiger charge is 2.19. The summed E-state index contributed by atoms with van der Waals surface area (Å²) in [5.41, 5.74) is 6.59. The number of aryl methyl sites for hydroxylation is 1. The summed E-state index contributed by atoms with van der Waals surface area (Å²) in [6.45, 7) is 1.65. The second-order valence-corrected chi connectivity index (χ2v) is 3.59. The first-order valence-corrected chi connectivity index (χ1v) is 4.85. The fourth-order valence-corrected chi connectivity index (χ4v) is 1.57. The molecule has 82 valence electrons. The summed E-state index contributed by atoms with van der Waals surface area (Å²) < 4.78 is 5.06. The summed E-state index contributed by atoms with van der Waals surface area (Å²) in [6.07, 6.45) is 1.51. The van der Waals surface area contributed by atoms with E-state index < -0.39 is 5.91 Å². The molecule has 6 heteroatoms. The second kappa shape index (κ2) is 3.94. The standard InChI is InChI=1S/C10H8ClN3O2/c1-5-8(10(12)15)9(16-14-5)6-2-3-13-7(11)4-6/h2-4H,1H3,(H2,12,15). The molecule has 0 unspecified atom stereocenters. The molecular weight excluding hydrogens is 230 g/mol. The molecule has 0 fully saturated rings. The van der Waals surface area contributed by atoms with Crippen LogP contribution < -0.4 is 5.73 Å². The smallest absolute Gasteiger partial charge is 0.254 e. The average Bonchev–Trinajstić information content (AvgIpc) is 2.60. The van der Waals surface area contributed by atoms with E-state index >= 15 is 0 Å². The van der Waals surface area contributed by atoms with E-state index in [0.29, 0.717) is 22.2 Å². The minimum atomic E-state index is -0.582. The van der Waals surface area contributed by atoms with Crippen LogP contribution >= 0.6 is 11.6 Å². The Labute approximate surface area is 96.2 Å². The average molecular weight is 238 g/mol. The monoisotopic (exact) mass is 237 g/mol. The molecule has 0 aliphatic heterocycles. The maximum absolute atomic E-state index is 11.2. The SMILES string of the molecule is Cc1noc(-c2ccnc(Cl)c2)c1C(N)=O. The quantitative estimate of drug-likeness (QED) is 0.808. The zero-order valence-electron chi connectivity index (χ0n) is 8.40. The third-order valence-electron chi connectivity index (χ3n) is 2.10. The first-order valence-electron chi connectivity index (χ1n) is 4.47. The Bertz CT molecular complexity index is 551. The van der Waals surface area contributed by atoms with Gasteiger partial charge in [0, 0.05) is 11.8 Å². The number of hydrogen-bond acceptors (Lipinski definition) is 4. The third kappa shape index (κ3) is 1.77. The van der Waals surface area contributed by atoms with Gasteiger partial charge in [0.2, 0.25) is 0 Å². The molecule has 1 amide bonds. The molecule has 0 saturated heterocycles. The number of halogens is 1. The summed E-state index contributed by atoms with van der Waals surface area (Å²) in [5.74, 6) is -0.268. The Morgan fingerprint density at radius 1 is 1.56 bits per heavy atom. The van der Waals surface area contributed by atoms with Crippen molar-refractivity contribution in [2.75, 3.05) is 0 Å². The van der Waals surface area contributed by atoms with Crippen LogP contribution in [0.25, 0.3) is 11.3 Å². The van der Waals surface area contributed by atoms with Crippen molar-refractivity contribution < 1.29 is 9.32 Å². The van der Waals surface area contributed by atoms with Gasteiger partial charge in [-0.05, 0) is 19.1 Å². The molecule has 2 aromatic heterocycles. The number of rotatable bonds is 2. The minimum absolute atomic E-state index is 0.266. The highest BCUT2D eigenvalue weighted by atomic mass is 35.5. The fourth-order valence-electron chi connectivity index (χ4n) is 1.40. The Hall–Kier alpha value is -1.88. The Morgan fingerprint density at radius 3 is 2.94 bits per heavy atom. The molecule has 16 heavy (non-hydrogen) atoms. The maximum Gasteiger partial charge on any atom is 0.254 e. The number of pyridine rings is 1. The summed E-state index contributed by atoms with van der Waals surface area (Å²) in [5, 5.41) is 4.01. The van der Waals surface area contributed by atoms with Crippen LogP contribution in [0.3, 0.4) is 0 Å². The molecule has 0 bridgehead atoms. The fraction of sp³-hybridized carbons (Fsp3) is 0.100. The van der Waals surface area contributed by atoms with Gasteiger partial charge in [0.1, 0.15) is 10.7 Å². The van der Waals surface area contributed by atoms with Gasteiger partial charge in [0.15, 0.2) is 5.76 Å². The van der Waals surface area contributed by atoms with Gasteiger partial charge in [-0.3, -0.25) is 4.79 Å². The highest BCUT2D eigenvalue weighted by molar-refractivity contribution is 6.29. The minimum Gasteiger partial charge on any atom is -0.365 e. The van der Waals surface area contributed by atoms with Crippen LogP contribution in [0.1, 0.15) is 16.1 Å². The van der Waals surface area contributed by atoms with Gasteiger partial charge in [-0.2, -0.15) is 0 Å². The zero-order chi connectivity index (χ0) is 11.7. The predicted molar refractivity (Wildman–Crippen MR) is 58.0 cm³/mol. The van der Waals surface area contributed by atoms with Gasteiger partial charge in [0.25, 0.3) is 5.91 Å². The number of nitrogens with zero attached hydrogens (tertiary/aromatic N) is 2. The molecular formula is C10H8ClN3O2. The van der Waals surface area contributed by atoms with Crippen LogP contribution in [0.4, 0.5) is 0 Å². The molecule has 0 aliphatic rings. The van der Waals surface area contributed by atoms with Gasteiger partial charge in [-0.1, -0.05) is 16.8 Å². The van der Waals surface area contributed by atoms with Gasteiger partial charge >= 0.3 is 0 Å². The molecule has 0 spiro atoms. The lowest BCUT2D eigenvalue weighted by molar-refractivity contribution is 0.1000. The van der Waals surface area contributed by atoms with E-state index in [9.17, 15) is 4.79 Å². The molecule has 2 N–H and O–H groups in total. The molecule has 2 rings (SSSR count). The number of carbonyl (C=O) groups excluding carboxylic acids is 1. The zero-order valence-corrected chi connectivity index (χ0v) is 9.15. The predicted octanol–water partition coefficient (Wildman–Crippen LogP) is 1.80.